The SMILES string of the molecule is CCCCOC(=O)N1CCN(C(=O)C(CCC(=O)OCC2CCCC2)NC(=O)c2cc(OCC(=O)N3CCC(O)C3)c3ccc(C)cc3n2)CC1. The number of hydrogen-bond acceptors (Lipinski definition) is 10. The molecule has 14 nitrogen and oxygen atoms in total. The molecule has 0 spiro atoms. The van der Waals surface area contributed by atoms with Gasteiger partial charge in [0.25, 0.3) is 11.8 Å². The number of benzene rings is 1. The van der Waals surface area contributed by atoms with Gasteiger partial charge in [-0.3, -0.25) is 19.2 Å². The van der Waals surface area contributed by atoms with Crippen LogP contribution in [-0.4, -0.2) is 126 Å². The minimum atomic E-state index is -1.07. The molecule has 3 heterocycles. The molecule has 2 aromatic rings. The first-order valence-electron chi connectivity index (χ1n) is 18.3. The van der Waals surface area contributed by atoms with Gasteiger partial charge in [0.05, 0.1) is 24.8 Å². The number of carbonyl (C=O) groups is 5. The van der Waals surface area contributed by atoms with Gasteiger partial charge in [0.15, 0.2) is 6.61 Å². The molecule has 1 aromatic heterocycles. The van der Waals surface area contributed by atoms with Gasteiger partial charge >= 0.3 is 12.1 Å². The van der Waals surface area contributed by atoms with E-state index in [0.29, 0.717) is 43.0 Å². The highest BCUT2D eigenvalue weighted by Gasteiger charge is 2.32. The number of aliphatic hydroxyl groups excluding tert-OH is 1. The van der Waals surface area contributed by atoms with Gasteiger partial charge in [-0.2, -0.15) is 0 Å². The highest BCUT2D eigenvalue weighted by molar-refractivity contribution is 5.99. The molecule has 2 saturated heterocycles. The molecule has 2 aliphatic heterocycles. The van der Waals surface area contributed by atoms with Crippen LogP contribution in [0.15, 0.2) is 24.3 Å². The summed E-state index contributed by atoms with van der Waals surface area (Å²) in [6, 6.07) is 5.86. The molecule has 0 bridgehead atoms. The average Bonchev–Trinajstić information content (AvgIpc) is 3.82. The predicted octanol–water partition coefficient (Wildman–Crippen LogP) is 3.21. The number of hydrogen-bond donors (Lipinski definition) is 2. The number of nitrogens with one attached hydrogen (secondary N) is 1. The van der Waals surface area contributed by atoms with Gasteiger partial charge in [0.1, 0.15) is 17.5 Å². The molecule has 2 atom stereocenters. The van der Waals surface area contributed by atoms with E-state index >= 15 is 0 Å². The Balaban J connectivity index is 1.29. The van der Waals surface area contributed by atoms with Crippen molar-refractivity contribution in [1.82, 2.24) is 25.0 Å². The molecule has 278 valence electrons. The van der Waals surface area contributed by atoms with Crippen LogP contribution >= 0.6 is 0 Å². The van der Waals surface area contributed by atoms with Crippen molar-refractivity contribution in [3.05, 3.63) is 35.5 Å². The molecule has 2 N–H and O–H groups in total. The van der Waals surface area contributed by atoms with Crippen LogP contribution in [0.3, 0.4) is 0 Å². The van der Waals surface area contributed by atoms with Crippen LogP contribution in [-0.2, 0) is 23.9 Å². The number of rotatable bonds is 14. The summed E-state index contributed by atoms with van der Waals surface area (Å²) in [6.07, 6.45) is 5.47. The third kappa shape index (κ3) is 10.5. The van der Waals surface area contributed by atoms with Crippen molar-refractivity contribution < 1.29 is 43.3 Å². The molecule has 1 saturated carbocycles. The number of amides is 4. The first-order chi connectivity index (χ1) is 24.6. The molecular formula is C37H51N5O9. The van der Waals surface area contributed by atoms with Crippen LogP contribution in [0.1, 0.15) is 80.8 Å². The lowest BCUT2D eigenvalue weighted by Gasteiger charge is -2.36. The Morgan fingerprint density at radius 2 is 1.71 bits per heavy atom. The number of fused-ring (bicyclic) bond motifs is 1. The fourth-order valence-corrected chi connectivity index (χ4v) is 6.68. The maximum atomic E-state index is 13.9. The number of β-amino-alcohol motifs (C(OH)–C–C–N with tert-alkyl or cyclic N) is 1. The predicted molar refractivity (Wildman–Crippen MR) is 187 cm³/mol. The summed E-state index contributed by atoms with van der Waals surface area (Å²) in [7, 11) is 0. The maximum Gasteiger partial charge on any atom is 0.409 e. The number of aryl methyl sites for hydroxylation is 1. The zero-order valence-corrected chi connectivity index (χ0v) is 29.8. The van der Waals surface area contributed by atoms with E-state index in [2.05, 4.69) is 10.3 Å². The zero-order valence-electron chi connectivity index (χ0n) is 29.8. The molecule has 4 amide bonds. The zero-order chi connectivity index (χ0) is 36.3. The molecule has 3 aliphatic rings. The topological polar surface area (TPSA) is 168 Å². The number of unbranched alkanes of at least 4 members (excludes halogenated alkanes) is 1. The van der Waals surface area contributed by atoms with Crippen LogP contribution in [0.5, 0.6) is 5.75 Å². The highest BCUT2D eigenvalue weighted by atomic mass is 16.6. The second-order valence-corrected chi connectivity index (χ2v) is 13.8. The molecular weight excluding hydrogens is 658 g/mol. The van der Waals surface area contributed by atoms with E-state index in [1.807, 2.05) is 26.0 Å². The molecule has 3 fully saturated rings. The van der Waals surface area contributed by atoms with Gasteiger partial charge in [-0.15, -0.1) is 0 Å². The quantitative estimate of drug-likeness (QED) is 0.220. The van der Waals surface area contributed by atoms with Crippen molar-refractivity contribution in [1.29, 1.82) is 0 Å². The number of pyridine rings is 1. The van der Waals surface area contributed by atoms with Gasteiger partial charge < -0.3 is 39.3 Å². The first-order valence-corrected chi connectivity index (χ1v) is 18.3. The van der Waals surface area contributed by atoms with E-state index in [9.17, 15) is 29.1 Å². The standard InChI is InChI=1S/C37H51N5O9/c1-3-4-19-49-37(48)41-17-15-40(16-18-41)36(47)29(11-12-34(45)51-23-26-7-5-6-8-26)39-35(46)31-21-32(28-10-9-25(2)20-30(28)38-31)50-24-33(44)42-14-13-27(43)22-42/h9-10,20-21,26-27,29,43H,3-8,11-19,22-24H2,1-2H3,(H,39,46). The van der Waals surface area contributed by atoms with Gasteiger partial charge in [-0.25, -0.2) is 9.78 Å². The van der Waals surface area contributed by atoms with Gasteiger partial charge in [0, 0.05) is 57.1 Å². The van der Waals surface area contributed by atoms with Crippen LogP contribution in [0.25, 0.3) is 10.9 Å². The Hall–Kier alpha value is -4.46. The van der Waals surface area contributed by atoms with Crippen molar-refractivity contribution in [3.63, 3.8) is 0 Å². The number of aromatic nitrogens is 1. The van der Waals surface area contributed by atoms with E-state index in [0.717, 1.165) is 44.1 Å². The normalized spacial score (nSPS) is 18.5. The Kier molecular flexibility index (Phi) is 13.5. The lowest BCUT2D eigenvalue weighted by atomic mass is 10.1. The summed E-state index contributed by atoms with van der Waals surface area (Å²) in [5, 5.41) is 13.3. The third-order valence-corrected chi connectivity index (χ3v) is 9.80. The van der Waals surface area contributed by atoms with Crippen molar-refractivity contribution >= 4 is 40.7 Å². The number of ether oxygens (including phenoxy) is 3. The summed E-state index contributed by atoms with van der Waals surface area (Å²) in [4.78, 5) is 75.0. The summed E-state index contributed by atoms with van der Waals surface area (Å²) in [5.41, 5.74) is 1.36. The van der Waals surface area contributed by atoms with E-state index in [1.165, 1.54) is 11.0 Å². The molecule has 2 unspecified atom stereocenters. The van der Waals surface area contributed by atoms with Crippen molar-refractivity contribution in [2.24, 2.45) is 5.92 Å². The summed E-state index contributed by atoms with van der Waals surface area (Å²) in [5.74, 6) is -1.11. The van der Waals surface area contributed by atoms with Crippen molar-refractivity contribution in [2.45, 2.75) is 83.8 Å². The molecule has 0 radical (unpaired) electrons. The third-order valence-electron chi connectivity index (χ3n) is 9.80. The van der Waals surface area contributed by atoms with Crippen LogP contribution in [0.4, 0.5) is 4.79 Å². The van der Waals surface area contributed by atoms with Gasteiger partial charge in [-0.1, -0.05) is 32.3 Å². The number of likely N-dealkylation sites (tertiary alicyclic amines) is 1. The van der Waals surface area contributed by atoms with E-state index < -0.39 is 30.1 Å². The minimum Gasteiger partial charge on any atom is -0.483 e. The van der Waals surface area contributed by atoms with E-state index in [-0.39, 0.29) is 75.4 Å². The maximum absolute atomic E-state index is 13.9. The van der Waals surface area contributed by atoms with Crippen molar-refractivity contribution in [3.8, 4) is 5.75 Å². The lowest BCUT2D eigenvalue weighted by molar-refractivity contribution is -0.145. The number of nitrogens with zero attached hydrogens (tertiary/aromatic N) is 4. The van der Waals surface area contributed by atoms with Gasteiger partial charge in [0.2, 0.25) is 5.91 Å². The molecule has 14 heteroatoms. The van der Waals surface area contributed by atoms with Crippen molar-refractivity contribution in [2.75, 3.05) is 59.1 Å². The monoisotopic (exact) mass is 709 g/mol. The fraction of sp³-hybridized carbons (Fsp3) is 0.622. The second kappa shape index (κ2) is 18.2. The number of esters is 1. The summed E-state index contributed by atoms with van der Waals surface area (Å²) >= 11 is 0. The molecule has 1 aliphatic carbocycles. The molecule has 1 aromatic carbocycles. The van der Waals surface area contributed by atoms with E-state index in [1.54, 1.807) is 15.9 Å². The number of piperazine rings is 1. The fourth-order valence-electron chi connectivity index (χ4n) is 6.68. The van der Waals surface area contributed by atoms with Crippen LogP contribution in [0.2, 0.25) is 0 Å². The van der Waals surface area contributed by atoms with Crippen LogP contribution in [0, 0.1) is 12.8 Å². The number of aliphatic hydroxyl groups is 1. The molecule has 5 rings (SSSR count). The van der Waals surface area contributed by atoms with E-state index in [4.69, 9.17) is 14.2 Å². The summed E-state index contributed by atoms with van der Waals surface area (Å²) in [6.45, 7) is 6.04. The Morgan fingerprint density at radius 1 is 0.961 bits per heavy atom. The Labute approximate surface area is 298 Å². The smallest absolute Gasteiger partial charge is 0.409 e. The highest BCUT2D eigenvalue weighted by Crippen LogP contribution is 2.28. The second-order valence-electron chi connectivity index (χ2n) is 13.8. The van der Waals surface area contributed by atoms with Crippen LogP contribution < -0.4 is 10.1 Å². The largest absolute Gasteiger partial charge is 0.483 e. The average molecular weight is 710 g/mol. The molecule has 51 heavy (non-hydrogen) atoms. The first kappa shape index (κ1) is 37.8. The number of carbonyl (C=O) groups excluding carboxylic acids is 5. The minimum absolute atomic E-state index is 0.0135. The lowest BCUT2D eigenvalue weighted by Crippen LogP contribution is -2.56. The Bertz CT molecular complexity index is 1550. The Morgan fingerprint density at radius 3 is 2.41 bits per heavy atom. The van der Waals surface area contributed by atoms with Gasteiger partial charge in [-0.05, 0) is 62.6 Å². The summed E-state index contributed by atoms with van der Waals surface area (Å²) < 4.78 is 16.8.